The van der Waals surface area contributed by atoms with Crippen molar-refractivity contribution < 1.29 is 14.4 Å². The van der Waals surface area contributed by atoms with Crippen molar-refractivity contribution in [1.29, 1.82) is 0 Å². The molecule has 9 nitrogen and oxygen atoms in total. The molecule has 33 heavy (non-hydrogen) atoms. The molecule has 4 amide bonds. The highest BCUT2D eigenvalue weighted by Gasteiger charge is 2.26. The Bertz CT molecular complexity index is 1140. The van der Waals surface area contributed by atoms with E-state index in [1.54, 1.807) is 18.2 Å². The van der Waals surface area contributed by atoms with Crippen molar-refractivity contribution in [3.63, 3.8) is 0 Å². The Kier molecular flexibility index (Phi) is 6.24. The third-order valence-electron chi connectivity index (χ3n) is 6.44. The molecule has 0 saturated carbocycles. The number of amides is 4. The molecule has 3 heterocycles. The number of urea groups is 1. The summed E-state index contributed by atoms with van der Waals surface area (Å²) in [5.74, 6) is -0.0266. The molecule has 0 radical (unpaired) electrons. The average Bonchev–Trinajstić information content (AvgIpc) is 3.21. The van der Waals surface area contributed by atoms with Crippen LogP contribution in [-0.4, -0.2) is 65.9 Å². The molecule has 9 heteroatoms. The van der Waals surface area contributed by atoms with Gasteiger partial charge in [-0.3, -0.25) is 9.59 Å². The van der Waals surface area contributed by atoms with Crippen LogP contribution in [0.3, 0.4) is 0 Å². The number of fused-ring (bicyclic) bond motifs is 1. The first-order chi connectivity index (χ1) is 15.7. The van der Waals surface area contributed by atoms with E-state index in [1.165, 1.54) is 0 Å². The van der Waals surface area contributed by atoms with Gasteiger partial charge in [-0.1, -0.05) is 0 Å². The molecule has 0 spiro atoms. The summed E-state index contributed by atoms with van der Waals surface area (Å²) in [5.41, 5.74) is 11.6. The molecule has 1 aromatic carbocycles. The van der Waals surface area contributed by atoms with Crippen LogP contribution in [0.5, 0.6) is 0 Å². The summed E-state index contributed by atoms with van der Waals surface area (Å²) in [6.07, 6.45) is 2.94. The summed E-state index contributed by atoms with van der Waals surface area (Å²) < 4.78 is 0. The van der Waals surface area contributed by atoms with Crippen LogP contribution in [0.4, 0.5) is 16.2 Å². The quantitative estimate of drug-likeness (QED) is 0.522. The monoisotopic (exact) mass is 450 g/mol. The van der Waals surface area contributed by atoms with Gasteiger partial charge in [0.05, 0.1) is 5.57 Å². The molecule has 174 valence electrons. The Morgan fingerprint density at radius 2 is 1.91 bits per heavy atom. The normalized spacial score (nSPS) is 17.2. The predicted molar refractivity (Wildman–Crippen MR) is 129 cm³/mol. The molecule has 1 fully saturated rings. The van der Waals surface area contributed by atoms with Gasteiger partial charge in [0.2, 0.25) is 5.91 Å². The van der Waals surface area contributed by atoms with Crippen LogP contribution >= 0.6 is 0 Å². The van der Waals surface area contributed by atoms with Crippen LogP contribution < -0.4 is 16.4 Å². The van der Waals surface area contributed by atoms with Crippen molar-refractivity contribution in [2.75, 3.05) is 43.9 Å². The smallest absolute Gasteiger partial charge is 0.316 e. The number of rotatable bonds is 5. The number of aromatic amines is 1. The number of aromatic nitrogens is 1. The Labute approximate surface area is 193 Å². The second kappa shape index (κ2) is 9.11. The Hall–Kier alpha value is -3.59. The summed E-state index contributed by atoms with van der Waals surface area (Å²) >= 11 is 0. The minimum atomic E-state index is -0.663. The number of primary amides is 1. The molecule has 2 aliphatic rings. The Morgan fingerprint density at radius 1 is 1.18 bits per heavy atom. The van der Waals surface area contributed by atoms with Gasteiger partial charge < -0.3 is 31.2 Å². The molecule has 0 unspecified atom stereocenters. The fraction of sp³-hybridized carbons (Fsp3) is 0.375. The highest BCUT2D eigenvalue weighted by molar-refractivity contribution is 6.35. The summed E-state index contributed by atoms with van der Waals surface area (Å²) in [5, 5.41) is 5.39. The number of likely N-dealkylation sites (N-methyl/N-ethyl adjacent to an activating group) is 1. The molecular formula is C24H30N6O3. The third-order valence-corrected chi connectivity index (χ3v) is 6.44. The molecule has 2 aliphatic heterocycles. The zero-order valence-corrected chi connectivity index (χ0v) is 19.2. The van der Waals surface area contributed by atoms with Gasteiger partial charge in [0, 0.05) is 60.9 Å². The lowest BCUT2D eigenvalue weighted by molar-refractivity contribution is -0.132. The first-order valence-corrected chi connectivity index (χ1v) is 11.1. The zero-order valence-electron chi connectivity index (χ0n) is 19.2. The van der Waals surface area contributed by atoms with Crippen molar-refractivity contribution >= 4 is 40.9 Å². The number of nitrogens with two attached hydrogens (primary N) is 1. The van der Waals surface area contributed by atoms with Gasteiger partial charge in [-0.15, -0.1) is 0 Å². The van der Waals surface area contributed by atoms with Crippen LogP contribution in [-0.2, 0) is 16.0 Å². The van der Waals surface area contributed by atoms with Crippen LogP contribution in [0.25, 0.3) is 11.6 Å². The number of carbonyl (C=O) groups is 3. The number of H-pyrrole nitrogens is 1. The maximum atomic E-state index is 12.7. The van der Waals surface area contributed by atoms with Gasteiger partial charge in [0.15, 0.2) is 0 Å². The Morgan fingerprint density at radius 3 is 2.61 bits per heavy atom. The van der Waals surface area contributed by atoms with Crippen molar-refractivity contribution in [2.24, 2.45) is 5.73 Å². The minimum absolute atomic E-state index is 0.182. The number of piperazine rings is 1. The molecule has 4 rings (SSSR count). The van der Waals surface area contributed by atoms with E-state index in [2.05, 4.69) is 27.6 Å². The minimum Gasteiger partial charge on any atom is -0.359 e. The van der Waals surface area contributed by atoms with Crippen LogP contribution in [0.15, 0.2) is 18.2 Å². The zero-order chi connectivity index (χ0) is 23.7. The predicted octanol–water partition coefficient (Wildman–Crippen LogP) is 2.32. The number of hydrogen-bond acceptors (Lipinski definition) is 4. The summed E-state index contributed by atoms with van der Waals surface area (Å²) in [7, 11) is 2.07. The molecular weight excluding hydrogens is 420 g/mol. The average molecular weight is 451 g/mol. The van der Waals surface area contributed by atoms with Crippen LogP contribution in [0.2, 0.25) is 0 Å². The van der Waals surface area contributed by atoms with Gasteiger partial charge in [0.1, 0.15) is 0 Å². The molecule has 0 aliphatic carbocycles. The van der Waals surface area contributed by atoms with E-state index in [0.717, 1.165) is 48.7 Å². The maximum Gasteiger partial charge on any atom is 0.316 e. The fourth-order valence-electron chi connectivity index (χ4n) is 4.48. The molecule has 0 bridgehead atoms. The summed E-state index contributed by atoms with van der Waals surface area (Å²) in [6.45, 7) is 7.36. The van der Waals surface area contributed by atoms with Crippen molar-refractivity contribution in [1.82, 2.24) is 14.8 Å². The second-order valence-corrected chi connectivity index (χ2v) is 8.71. The number of hydrogen-bond donors (Lipinski definition) is 4. The van der Waals surface area contributed by atoms with E-state index in [9.17, 15) is 14.4 Å². The SMILES string of the molecule is Cc1[nH]c(C=C2C(=O)Nc3ccc(NC(N)=O)cc32)c(C)c1CCC(=O)N1CCN(C)CC1. The molecule has 2 aromatic rings. The summed E-state index contributed by atoms with van der Waals surface area (Å²) in [4.78, 5) is 44.0. The van der Waals surface area contributed by atoms with E-state index in [-0.39, 0.29) is 11.8 Å². The van der Waals surface area contributed by atoms with E-state index in [1.807, 2.05) is 24.8 Å². The highest BCUT2D eigenvalue weighted by Crippen LogP contribution is 2.36. The number of anilines is 2. The summed E-state index contributed by atoms with van der Waals surface area (Å²) in [6, 6.07) is 4.49. The van der Waals surface area contributed by atoms with Gasteiger partial charge in [-0.2, -0.15) is 0 Å². The maximum absolute atomic E-state index is 12.7. The number of carbonyl (C=O) groups excluding carboxylic acids is 3. The standard InChI is InChI=1S/C24H30N6O3/c1-14-17(5-7-22(31)30-10-8-29(3)9-11-30)15(2)26-21(14)13-19-18-12-16(27-24(25)33)4-6-20(18)28-23(19)32/h4,6,12-13,26H,5,7-11H2,1-3H3,(H,28,32)(H3,25,27,33). The lowest BCUT2D eigenvalue weighted by Gasteiger charge is -2.32. The van der Waals surface area contributed by atoms with Gasteiger partial charge in [0.25, 0.3) is 5.91 Å². The van der Waals surface area contributed by atoms with Gasteiger partial charge >= 0.3 is 6.03 Å². The molecule has 1 saturated heterocycles. The van der Waals surface area contributed by atoms with E-state index >= 15 is 0 Å². The Balaban J connectivity index is 1.53. The largest absolute Gasteiger partial charge is 0.359 e. The van der Waals surface area contributed by atoms with Gasteiger partial charge in [-0.25, -0.2) is 4.79 Å². The lowest BCUT2D eigenvalue weighted by Crippen LogP contribution is -2.47. The van der Waals surface area contributed by atoms with E-state index in [0.29, 0.717) is 35.4 Å². The molecule has 1 aromatic heterocycles. The third kappa shape index (κ3) is 4.78. The topological polar surface area (TPSA) is 124 Å². The number of nitrogens with zero attached hydrogens (tertiary/aromatic N) is 2. The van der Waals surface area contributed by atoms with Crippen molar-refractivity contribution in [3.8, 4) is 0 Å². The number of benzene rings is 1. The first kappa shape index (κ1) is 22.6. The number of nitrogens with one attached hydrogen (secondary N) is 3. The lowest BCUT2D eigenvalue weighted by atomic mass is 10.0. The van der Waals surface area contributed by atoms with E-state index < -0.39 is 6.03 Å². The number of aryl methyl sites for hydroxylation is 1. The van der Waals surface area contributed by atoms with Crippen LogP contribution in [0.1, 0.15) is 34.5 Å². The molecule has 5 N–H and O–H groups in total. The van der Waals surface area contributed by atoms with Crippen LogP contribution in [0, 0.1) is 13.8 Å². The fourth-order valence-corrected chi connectivity index (χ4v) is 4.48. The van der Waals surface area contributed by atoms with E-state index in [4.69, 9.17) is 5.73 Å². The van der Waals surface area contributed by atoms with Crippen molar-refractivity contribution in [2.45, 2.75) is 26.7 Å². The highest BCUT2D eigenvalue weighted by atomic mass is 16.2. The second-order valence-electron chi connectivity index (χ2n) is 8.71. The molecule has 0 atom stereocenters. The first-order valence-electron chi connectivity index (χ1n) is 11.1. The van der Waals surface area contributed by atoms with Gasteiger partial charge in [-0.05, 0) is 62.7 Å². The van der Waals surface area contributed by atoms with Crippen molar-refractivity contribution in [3.05, 3.63) is 46.3 Å².